The van der Waals surface area contributed by atoms with Crippen molar-refractivity contribution >= 4 is 40.6 Å². The molecular formula is C31H33N5O4. The van der Waals surface area contributed by atoms with Gasteiger partial charge in [-0.1, -0.05) is 36.4 Å². The van der Waals surface area contributed by atoms with Crippen LogP contribution in [0.3, 0.4) is 0 Å². The molecule has 1 atom stereocenters. The summed E-state index contributed by atoms with van der Waals surface area (Å²) in [7, 11) is 3.11. The third kappa shape index (κ3) is 5.95. The second-order valence-electron chi connectivity index (χ2n) is 9.89. The molecule has 2 heterocycles. The first kappa shape index (κ1) is 27.2. The Hall–Kier alpha value is -4.34. The van der Waals surface area contributed by atoms with Crippen LogP contribution in [0.15, 0.2) is 77.8 Å². The van der Waals surface area contributed by atoms with Crippen molar-refractivity contribution < 1.29 is 19.1 Å². The molecule has 40 heavy (non-hydrogen) atoms. The summed E-state index contributed by atoms with van der Waals surface area (Å²) in [5.41, 5.74) is 4.53. The highest BCUT2D eigenvalue weighted by Crippen LogP contribution is 2.37. The molecule has 0 aromatic heterocycles. The SMILES string of the molecule is COC(=O)c1ccc2c(c1)NC(=O)C2C(=Nc1ccc(N(C)C(=O)CCN2CCNCC2)cc1)c1ccccc1. The molecule has 2 amide bonds. The summed E-state index contributed by atoms with van der Waals surface area (Å²) in [6.45, 7) is 4.59. The van der Waals surface area contributed by atoms with Crippen LogP contribution in [-0.2, 0) is 14.3 Å². The molecule has 2 aliphatic rings. The molecule has 0 bridgehead atoms. The largest absolute Gasteiger partial charge is 0.465 e. The lowest BCUT2D eigenvalue weighted by atomic mass is 9.90. The Morgan fingerprint density at radius 2 is 1.73 bits per heavy atom. The van der Waals surface area contributed by atoms with Crippen molar-refractivity contribution in [3.63, 3.8) is 0 Å². The molecular weight excluding hydrogens is 506 g/mol. The zero-order valence-electron chi connectivity index (χ0n) is 22.7. The van der Waals surface area contributed by atoms with Crippen molar-refractivity contribution in [2.24, 2.45) is 4.99 Å². The minimum absolute atomic E-state index is 0.0605. The number of hydrogen-bond acceptors (Lipinski definition) is 7. The third-order valence-electron chi connectivity index (χ3n) is 7.36. The molecule has 0 spiro atoms. The number of carbonyl (C=O) groups excluding carboxylic acids is 3. The van der Waals surface area contributed by atoms with E-state index in [1.165, 1.54) is 7.11 Å². The molecule has 1 saturated heterocycles. The molecule has 1 fully saturated rings. The predicted molar refractivity (Wildman–Crippen MR) is 156 cm³/mol. The maximum atomic E-state index is 13.2. The number of amides is 2. The van der Waals surface area contributed by atoms with E-state index in [1.807, 2.05) is 54.6 Å². The van der Waals surface area contributed by atoms with Gasteiger partial charge in [-0.25, -0.2) is 4.79 Å². The molecule has 2 aliphatic heterocycles. The van der Waals surface area contributed by atoms with Crippen LogP contribution in [0.2, 0.25) is 0 Å². The lowest BCUT2D eigenvalue weighted by Crippen LogP contribution is -2.44. The van der Waals surface area contributed by atoms with Crippen LogP contribution >= 0.6 is 0 Å². The molecule has 1 unspecified atom stereocenters. The number of esters is 1. The first-order valence-corrected chi connectivity index (χ1v) is 13.4. The number of carbonyl (C=O) groups is 3. The van der Waals surface area contributed by atoms with E-state index in [0.717, 1.165) is 49.5 Å². The van der Waals surface area contributed by atoms with Gasteiger partial charge in [0.25, 0.3) is 0 Å². The Bertz CT molecular complexity index is 1420. The van der Waals surface area contributed by atoms with Gasteiger partial charge >= 0.3 is 5.97 Å². The van der Waals surface area contributed by atoms with Crippen LogP contribution in [0.1, 0.15) is 33.8 Å². The molecule has 2 N–H and O–H groups in total. The average molecular weight is 540 g/mol. The maximum Gasteiger partial charge on any atom is 0.337 e. The van der Waals surface area contributed by atoms with E-state index in [0.29, 0.717) is 29.1 Å². The number of anilines is 2. The van der Waals surface area contributed by atoms with Gasteiger partial charge in [-0.2, -0.15) is 0 Å². The smallest absolute Gasteiger partial charge is 0.337 e. The molecule has 0 aliphatic carbocycles. The number of aliphatic imine (C=N–C) groups is 1. The van der Waals surface area contributed by atoms with Crippen molar-refractivity contribution in [2.75, 3.05) is 57.1 Å². The Balaban J connectivity index is 1.39. The monoisotopic (exact) mass is 539 g/mol. The summed E-state index contributed by atoms with van der Waals surface area (Å²) in [5, 5.41) is 6.22. The van der Waals surface area contributed by atoms with E-state index in [1.54, 1.807) is 30.1 Å². The average Bonchev–Trinajstić information content (AvgIpc) is 3.33. The van der Waals surface area contributed by atoms with E-state index in [2.05, 4.69) is 15.5 Å². The summed E-state index contributed by atoms with van der Waals surface area (Å²) in [6, 6.07) is 22.1. The number of nitrogens with one attached hydrogen (secondary N) is 2. The first-order valence-electron chi connectivity index (χ1n) is 13.4. The van der Waals surface area contributed by atoms with Gasteiger partial charge in [-0.3, -0.25) is 14.6 Å². The van der Waals surface area contributed by atoms with Crippen LogP contribution in [0, 0.1) is 0 Å². The molecule has 9 heteroatoms. The lowest BCUT2D eigenvalue weighted by Gasteiger charge is -2.27. The van der Waals surface area contributed by atoms with Crippen LogP contribution in [0.25, 0.3) is 0 Å². The first-order chi connectivity index (χ1) is 19.4. The molecule has 3 aromatic rings. The standard InChI is InChI=1S/C31H33N5O4/c1-35(27(37)14-17-36-18-15-32-16-19-36)24-11-9-23(10-12-24)33-29(21-6-4-3-5-7-21)28-25-13-8-22(31(39)40-2)20-26(25)34-30(28)38/h3-13,20,28,32H,14-19H2,1-2H3,(H,34,38). The number of methoxy groups -OCH3 is 1. The Morgan fingerprint density at radius 1 is 1.00 bits per heavy atom. The topological polar surface area (TPSA) is 103 Å². The minimum Gasteiger partial charge on any atom is -0.465 e. The Morgan fingerprint density at radius 3 is 2.42 bits per heavy atom. The van der Waals surface area contributed by atoms with Gasteiger partial charge in [0.2, 0.25) is 11.8 Å². The van der Waals surface area contributed by atoms with Crippen molar-refractivity contribution in [3.05, 3.63) is 89.5 Å². The quantitative estimate of drug-likeness (QED) is 0.335. The van der Waals surface area contributed by atoms with Gasteiger partial charge in [0.1, 0.15) is 5.92 Å². The van der Waals surface area contributed by atoms with Gasteiger partial charge in [-0.15, -0.1) is 0 Å². The molecule has 0 saturated carbocycles. The number of fused-ring (bicyclic) bond motifs is 1. The molecule has 9 nitrogen and oxygen atoms in total. The lowest BCUT2D eigenvalue weighted by molar-refractivity contribution is -0.118. The van der Waals surface area contributed by atoms with E-state index in [9.17, 15) is 14.4 Å². The highest BCUT2D eigenvalue weighted by Gasteiger charge is 2.36. The fourth-order valence-corrected chi connectivity index (χ4v) is 5.07. The second kappa shape index (κ2) is 12.2. The van der Waals surface area contributed by atoms with E-state index in [-0.39, 0.29) is 11.8 Å². The zero-order chi connectivity index (χ0) is 28.1. The number of nitrogens with zero attached hydrogens (tertiary/aromatic N) is 3. The molecule has 206 valence electrons. The van der Waals surface area contributed by atoms with Crippen LogP contribution in [0.4, 0.5) is 17.1 Å². The highest BCUT2D eigenvalue weighted by molar-refractivity contribution is 6.24. The van der Waals surface area contributed by atoms with Crippen molar-refractivity contribution in [1.82, 2.24) is 10.2 Å². The van der Waals surface area contributed by atoms with Gasteiger partial charge in [0, 0.05) is 57.6 Å². The third-order valence-corrected chi connectivity index (χ3v) is 7.36. The van der Waals surface area contributed by atoms with Gasteiger partial charge in [-0.05, 0) is 47.5 Å². The summed E-state index contributed by atoms with van der Waals surface area (Å²) < 4.78 is 4.82. The Labute approximate surface area is 233 Å². The molecule has 3 aromatic carbocycles. The van der Waals surface area contributed by atoms with E-state index >= 15 is 0 Å². The van der Waals surface area contributed by atoms with E-state index < -0.39 is 11.9 Å². The van der Waals surface area contributed by atoms with Gasteiger partial charge in [0.05, 0.1) is 24.1 Å². The fourth-order valence-electron chi connectivity index (χ4n) is 5.07. The highest BCUT2D eigenvalue weighted by atomic mass is 16.5. The summed E-state index contributed by atoms with van der Waals surface area (Å²) in [5.74, 6) is -1.28. The maximum absolute atomic E-state index is 13.2. The summed E-state index contributed by atoms with van der Waals surface area (Å²) >= 11 is 0. The van der Waals surface area contributed by atoms with Crippen LogP contribution < -0.4 is 15.5 Å². The zero-order valence-corrected chi connectivity index (χ0v) is 22.7. The van der Waals surface area contributed by atoms with E-state index in [4.69, 9.17) is 9.73 Å². The predicted octanol–water partition coefficient (Wildman–Crippen LogP) is 3.59. The van der Waals surface area contributed by atoms with Gasteiger partial charge < -0.3 is 25.2 Å². The molecule has 0 radical (unpaired) electrons. The number of rotatable bonds is 8. The number of benzene rings is 3. The van der Waals surface area contributed by atoms with Crippen LogP contribution in [0.5, 0.6) is 0 Å². The number of ether oxygens (including phenoxy) is 1. The number of hydrogen-bond donors (Lipinski definition) is 2. The van der Waals surface area contributed by atoms with Crippen molar-refractivity contribution in [2.45, 2.75) is 12.3 Å². The molecule has 5 rings (SSSR count). The van der Waals surface area contributed by atoms with Crippen LogP contribution in [-0.4, -0.2) is 75.3 Å². The fraction of sp³-hybridized carbons (Fsp3) is 0.290. The summed E-state index contributed by atoms with van der Waals surface area (Å²) in [6.07, 6.45) is 0.461. The van der Waals surface area contributed by atoms with Gasteiger partial charge in [0.15, 0.2) is 0 Å². The minimum atomic E-state index is -0.655. The number of piperazine rings is 1. The Kier molecular flexibility index (Phi) is 8.33. The summed E-state index contributed by atoms with van der Waals surface area (Å²) in [4.78, 5) is 47.0. The van der Waals surface area contributed by atoms with Crippen molar-refractivity contribution in [3.8, 4) is 0 Å². The van der Waals surface area contributed by atoms with Crippen molar-refractivity contribution in [1.29, 1.82) is 0 Å². The second-order valence-corrected chi connectivity index (χ2v) is 9.89. The normalized spacial score (nSPS) is 17.2.